The number of carbonyl (C=O) groups is 1. The van der Waals surface area contributed by atoms with Gasteiger partial charge in [-0.2, -0.15) is 0 Å². The van der Waals surface area contributed by atoms with Crippen LogP contribution in [0.5, 0.6) is 0 Å². The molecule has 1 rings (SSSR count). The maximum Gasteiger partial charge on any atom is 0.223 e. The van der Waals surface area contributed by atoms with Crippen molar-refractivity contribution in [1.29, 1.82) is 0 Å². The molecule has 0 aromatic carbocycles. The molecule has 0 spiro atoms. The van der Waals surface area contributed by atoms with Crippen LogP contribution < -0.4 is 5.32 Å². The molecule has 0 aromatic rings. The van der Waals surface area contributed by atoms with Gasteiger partial charge in [0, 0.05) is 32.6 Å². The lowest BCUT2D eigenvalue weighted by Gasteiger charge is -2.29. The molecule has 0 bridgehead atoms. The van der Waals surface area contributed by atoms with Crippen molar-refractivity contribution in [2.24, 2.45) is 5.41 Å². The molecule has 1 aliphatic rings. The van der Waals surface area contributed by atoms with E-state index in [9.17, 15) is 4.79 Å². The summed E-state index contributed by atoms with van der Waals surface area (Å²) in [6.07, 6.45) is 0.534. The Balaban J connectivity index is 2.33. The summed E-state index contributed by atoms with van der Waals surface area (Å²) >= 11 is 0. The summed E-state index contributed by atoms with van der Waals surface area (Å²) in [7, 11) is 1.87. The number of nitrogens with zero attached hydrogens (tertiary/aromatic N) is 1. The molecular formula is C12H24N2O2. The van der Waals surface area contributed by atoms with E-state index in [2.05, 4.69) is 26.1 Å². The minimum absolute atomic E-state index is 0.154. The van der Waals surface area contributed by atoms with Crippen LogP contribution in [-0.2, 0) is 9.53 Å². The summed E-state index contributed by atoms with van der Waals surface area (Å²) in [4.78, 5) is 13.7. The smallest absolute Gasteiger partial charge is 0.223 e. The van der Waals surface area contributed by atoms with Gasteiger partial charge in [0.25, 0.3) is 0 Å². The predicted molar refractivity (Wildman–Crippen MR) is 64.3 cm³/mol. The first-order valence-corrected chi connectivity index (χ1v) is 5.93. The summed E-state index contributed by atoms with van der Waals surface area (Å²) in [5.41, 5.74) is 0.154. The van der Waals surface area contributed by atoms with E-state index >= 15 is 0 Å². The van der Waals surface area contributed by atoms with E-state index in [0.717, 1.165) is 19.7 Å². The number of amides is 1. The molecule has 94 valence electrons. The molecule has 0 aromatic heterocycles. The Morgan fingerprint density at radius 3 is 2.69 bits per heavy atom. The number of rotatable bonds is 3. The summed E-state index contributed by atoms with van der Waals surface area (Å²) in [5, 5.41) is 3.30. The summed E-state index contributed by atoms with van der Waals surface area (Å²) in [6, 6.07) is 0.184. The third-order valence-electron chi connectivity index (χ3n) is 2.56. The molecule has 1 unspecified atom stereocenters. The van der Waals surface area contributed by atoms with Crippen molar-refractivity contribution in [3.8, 4) is 0 Å². The average molecular weight is 228 g/mol. The van der Waals surface area contributed by atoms with Crippen molar-refractivity contribution >= 4 is 5.91 Å². The van der Waals surface area contributed by atoms with Gasteiger partial charge >= 0.3 is 0 Å². The molecular weight excluding hydrogens is 204 g/mol. The monoisotopic (exact) mass is 228 g/mol. The van der Waals surface area contributed by atoms with Crippen LogP contribution in [-0.4, -0.2) is 50.2 Å². The summed E-state index contributed by atoms with van der Waals surface area (Å²) in [5.74, 6) is 0.193. The largest absolute Gasteiger partial charge is 0.378 e. The zero-order chi connectivity index (χ0) is 12.2. The number of carbonyl (C=O) groups excluding carboxylic acids is 1. The standard InChI is InChI=1S/C12H24N2O2/c1-12(2,3)9-14(4)11(15)7-10-8-16-6-5-13-10/h10,13H,5-9H2,1-4H3. The average Bonchev–Trinajstić information content (AvgIpc) is 2.16. The molecule has 16 heavy (non-hydrogen) atoms. The Hall–Kier alpha value is -0.610. The molecule has 0 radical (unpaired) electrons. The SMILES string of the molecule is CN(CC(C)(C)C)C(=O)CC1COCCN1. The number of nitrogens with one attached hydrogen (secondary N) is 1. The molecule has 0 aliphatic carbocycles. The summed E-state index contributed by atoms with van der Waals surface area (Å²) in [6.45, 7) is 9.45. The first-order chi connectivity index (χ1) is 7.38. The molecule has 1 fully saturated rings. The Kier molecular flexibility index (Phi) is 4.74. The van der Waals surface area contributed by atoms with Crippen molar-refractivity contribution in [1.82, 2.24) is 10.2 Å². The van der Waals surface area contributed by atoms with Gasteiger partial charge in [0.1, 0.15) is 0 Å². The second-order valence-corrected chi connectivity index (χ2v) is 5.74. The molecule has 1 aliphatic heterocycles. The van der Waals surface area contributed by atoms with Gasteiger partial charge in [-0.25, -0.2) is 0 Å². The van der Waals surface area contributed by atoms with E-state index in [1.807, 2.05) is 11.9 Å². The molecule has 4 nitrogen and oxygen atoms in total. The van der Waals surface area contributed by atoms with E-state index in [-0.39, 0.29) is 17.4 Å². The number of ether oxygens (including phenoxy) is 1. The molecule has 1 saturated heterocycles. The van der Waals surface area contributed by atoms with Crippen molar-refractivity contribution in [2.75, 3.05) is 33.4 Å². The Labute approximate surface area is 98.3 Å². The van der Waals surface area contributed by atoms with Gasteiger partial charge in [0.15, 0.2) is 0 Å². The highest BCUT2D eigenvalue weighted by Crippen LogP contribution is 2.15. The van der Waals surface area contributed by atoms with Crippen LogP contribution in [0.15, 0.2) is 0 Å². The maximum atomic E-state index is 11.9. The van der Waals surface area contributed by atoms with Crippen molar-refractivity contribution < 1.29 is 9.53 Å². The van der Waals surface area contributed by atoms with Crippen LogP contribution >= 0.6 is 0 Å². The Morgan fingerprint density at radius 1 is 1.50 bits per heavy atom. The third kappa shape index (κ3) is 4.94. The predicted octanol–water partition coefficient (Wildman–Crippen LogP) is 0.869. The van der Waals surface area contributed by atoms with Gasteiger partial charge in [-0.3, -0.25) is 4.79 Å². The fourth-order valence-electron chi connectivity index (χ4n) is 1.92. The highest BCUT2D eigenvalue weighted by atomic mass is 16.5. The first-order valence-electron chi connectivity index (χ1n) is 5.93. The van der Waals surface area contributed by atoms with Gasteiger partial charge in [0.2, 0.25) is 5.91 Å². The minimum Gasteiger partial charge on any atom is -0.378 e. The number of morpholine rings is 1. The van der Waals surface area contributed by atoms with Crippen LogP contribution in [0.25, 0.3) is 0 Å². The van der Waals surface area contributed by atoms with Crippen LogP contribution in [0.1, 0.15) is 27.2 Å². The number of hydrogen-bond donors (Lipinski definition) is 1. The maximum absolute atomic E-state index is 11.9. The van der Waals surface area contributed by atoms with E-state index in [1.54, 1.807) is 0 Å². The van der Waals surface area contributed by atoms with Crippen LogP contribution in [0.4, 0.5) is 0 Å². The zero-order valence-electron chi connectivity index (χ0n) is 10.9. The molecule has 1 amide bonds. The lowest BCUT2D eigenvalue weighted by molar-refractivity contribution is -0.132. The Bertz CT molecular complexity index is 230. The van der Waals surface area contributed by atoms with E-state index in [0.29, 0.717) is 13.0 Å². The van der Waals surface area contributed by atoms with Gasteiger partial charge in [-0.1, -0.05) is 20.8 Å². The molecule has 1 N–H and O–H groups in total. The van der Waals surface area contributed by atoms with Crippen molar-refractivity contribution in [3.63, 3.8) is 0 Å². The normalized spacial score (nSPS) is 21.9. The highest BCUT2D eigenvalue weighted by molar-refractivity contribution is 5.76. The number of hydrogen-bond acceptors (Lipinski definition) is 3. The summed E-state index contributed by atoms with van der Waals surface area (Å²) < 4.78 is 5.33. The highest BCUT2D eigenvalue weighted by Gasteiger charge is 2.22. The van der Waals surface area contributed by atoms with Crippen LogP contribution in [0.2, 0.25) is 0 Å². The van der Waals surface area contributed by atoms with E-state index in [4.69, 9.17) is 4.74 Å². The van der Waals surface area contributed by atoms with Crippen LogP contribution in [0, 0.1) is 5.41 Å². The molecule has 4 heteroatoms. The zero-order valence-corrected chi connectivity index (χ0v) is 10.9. The molecule has 0 saturated carbocycles. The van der Waals surface area contributed by atoms with Crippen molar-refractivity contribution in [3.05, 3.63) is 0 Å². The van der Waals surface area contributed by atoms with Gasteiger partial charge in [0.05, 0.1) is 13.2 Å². The quantitative estimate of drug-likeness (QED) is 0.779. The van der Waals surface area contributed by atoms with E-state index in [1.165, 1.54) is 0 Å². The second-order valence-electron chi connectivity index (χ2n) is 5.74. The lowest BCUT2D eigenvalue weighted by atomic mass is 9.96. The van der Waals surface area contributed by atoms with Gasteiger partial charge < -0.3 is 15.0 Å². The third-order valence-corrected chi connectivity index (χ3v) is 2.56. The fourth-order valence-corrected chi connectivity index (χ4v) is 1.92. The minimum atomic E-state index is 0.154. The molecule has 1 atom stereocenters. The molecule has 1 heterocycles. The van der Waals surface area contributed by atoms with E-state index < -0.39 is 0 Å². The topological polar surface area (TPSA) is 41.6 Å². The Morgan fingerprint density at radius 2 is 2.19 bits per heavy atom. The van der Waals surface area contributed by atoms with Crippen molar-refractivity contribution in [2.45, 2.75) is 33.2 Å². The lowest BCUT2D eigenvalue weighted by Crippen LogP contribution is -2.45. The first kappa shape index (κ1) is 13.5. The fraction of sp³-hybridized carbons (Fsp3) is 0.917. The van der Waals surface area contributed by atoms with Crippen LogP contribution in [0.3, 0.4) is 0 Å². The van der Waals surface area contributed by atoms with Gasteiger partial charge in [-0.15, -0.1) is 0 Å². The second kappa shape index (κ2) is 5.64. The van der Waals surface area contributed by atoms with Gasteiger partial charge in [-0.05, 0) is 5.41 Å².